The van der Waals surface area contributed by atoms with Crippen LogP contribution in [0.25, 0.3) is 27.5 Å². The molecule has 1 saturated heterocycles. The summed E-state index contributed by atoms with van der Waals surface area (Å²) in [5, 5.41) is 7.19. The Morgan fingerprint density at radius 2 is 1.81 bits per heavy atom. The number of hydrogen-bond acceptors (Lipinski definition) is 2. The van der Waals surface area contributed by atoms with E-state index >= 15 is 0 Å². The molecule has 0 aliphatic carbocycles. The smallest absolute Gasteiger partial charge is 0.134 e. The third kappa shape index (κ3) is 2.36. The van der Waals surface area contributed by atoms with E-state index in [1.807, 2.05) is 11.6 Å². The highest BCUT2D eigenvalue weighted by Gasteiger charge is 2.21. The quantitative estimate of drug-likeness (QED) is 0.494. The molecule has 0 spiro atoms. The van der Waals surface area contributed by atoms with Crippen molar-refractivity contribution in [2.75, 3.05) is 6.61 Å². The summed E-state index contributed by atoms with van der Waals surface area (Å²) < 4.78 is 10.5. The van der Waals surface area contributed by atoms with Crippen molar-refractivity contribution in [3.8, 4) is 5.69 Å². The van der Waals surface area contributed by atoms with Crippen LogP contribution in [0.3, 0.4) is 0 Å². The van der Waals surface area contributed by atoms with Crippen LogP contribution in [-0.4, -0.2) is 21.0 Å². The second-order valence-corrected chi connectivity index (χ2v) is 7.25. The molecule has 4 nitrogen and oxygen atoms in total. The lowest BCUT2D eigenvalue weighted by Crippen LogP contribution is -2.17. The van der Waals surface area contributed by atoms with Gasteiger partial charge in [0, 0.05) is 23.1 Å². The Morgan fingerprint density at radius 3 is 2.58 bits per heavy atom. The van der Waals surface area contributed by atoms with Gasteiger partial charge in [0.25, 0.3) is 0 Å². The van der Waals surface area contributed by atoms with Crippen LogP contribution < -0.4 is 0 Å². The highest BCUT2D eigenvalue weighted by molar-refractivity contribution is 6.08. The minimum atomic E-state index is 0.130. The predicted octanol–water partition coefficient (Wildman–Crippen LogP) is 5.30. The Balaban J connectivity index is 1.76. The topological polar surface area (TPSA) is 32.0 Å². The lowest BCUT2D eigenvalue weighted by Gasteiger charge is -2.25. The average molecular weight is 345 g/mol. The molecule has 4 heteroatoms. The van der Waals surface area contributed by atoms with Crippen molar-refractivity contribution >= 4 is 21.8 Å². The van der Waals surface area contributed by atoms with Gasteiger partial charge in [0.2, 0.25) is 0 Å². The van der Waals surface area contributed by atoms with E-state index < -0.39 is 0 Å². The number of nitrogens with zero attached hydrogens (tertiary/aromatic N) is 3. The van der Waals surface area contributed by atoms with Crippen LogP contribution in [0.5, 0.6) is 0 Å². The Kier molecular flexibility index (Phi) is 3.61. The molecule has 132 valence electrons. The minimum absolute atomic E-state index is 0.130. The number of rotatable bonds is 2. The molecule has 1 unspecified atom stereocenters. The summed E-state index contributed by atoms with van der Waals surface area (Å²) in [6, 6.07) is 17.4. The second kappa shape index (κ2) is 5.99. The van der Waals surface area contributed by atoms with Gasteiger partial charge in [-0.3, -0.25) is 0 Å². The molecule has 26 heavy (non-hydrogen) atoms. The van der Waals surface area contributed by atoms with Crippen molar-refractivity contribution in [1.29, 1.82) is 0 Å². The molecule has 2 aromatic heterocycles. The summed E-state index contributed by atoms with van der Waals surface area (Å²) in [5.41, 5.74) is 5.79. The van der Waals surface area contributed by atoms with Gasteiger partial charge < -0.3 is 9.30 Å². The van der Waals surface area contributed by atoms with E-state index in [0.717, 1.165) is 36.5 Å². The fourth-order valence-electron chi connectivity index (χ4n) is 4.25. The minimum Gasteiger partial charge on any atom is -0.358 e. The maximum atomic E-state index is 6.12. The van der Waals surface area contributed by atoms with Crippen molar-refractivity contribution in [3.05, 3.63) is 59.9 Å². The molecule has 0 bridgehead atoms. The number of benzene rings is 2. The van der Waals surface area contributed by atoms with Crippen LogP contribution in [-0.2, 0) is 4.74 Å². The number of fused-ring (bicyclic) bond motifs is 3. The number of para-hydroxylation sites is 1. The summed E-state index contributed by atoms with van der Waals surface area (Å²) in [6.45, 7) is 4.99. The van der Waals surface area contributed by atoms with Crippen molar-refractivity contribution in [3.63, 3.8) is 0 Å². The zero-order chi connectivity index (χ0) is 17.7. The van der Waals surface area contributed by atoms with E-state index in [1.165, 1.54) is 28.2 Å². The molecule has 2 aromatic carbocycles. The third-order valence-corrected chi connectivity index (χ3v) is 5.39. The molecule has 4 aromatic rings. The lowest BCUT2D eigenvalue weighted by molar-refractivity contribution is -0.0267. The van der Waals surface area contributed by atoms with Crippen LogP contribution >= 0.6 is 0 Å². The van der Waals surface area contributed by atoms with Gasteiger partial charge in [-0.2, -0.15) is 5.10 Å². The SMILES string of the molecule is Cc1cc(C)n(-c2ccc3c(c2)c2ccccc2n3C2CCCCO2)n1. The molecule has 1 aliphatic heterocycles. The molecule has 5 rings (SSSR count). The molecule has 1 aliphatic rings. The fourth-order valence-corrected chi connectivity index (χ4v) is 4.25. The molecule has 0 N–H and O–H groups in total. The van der Waals surface area contributed by atoms with Gasteiger partial charge in [-0.15, -0.1) is 0 Å². The van der Waals surface area contributed by atoms with Crippen LogP contribution in [0, 0.1) is 13.8 Å². The molecular formula is C22H23N3O. The van der Waals surface area contributed by atoms with Crippen molar-refractivity contribution in [2.45, 2.75) is 39.3 Å². The molecule has 3 heterocycles. The van der Waals surface area contributed by atoms with Gasteiger partial charge in [0.05, 0.1) is 22.4 Å². The largest absolute Gasteiger partial charge is 0.358 e. The first-order valence-corrected chi connectivity index (χ1v) is 9.40. The summed E-state index contributed by atoms with van der Waals surface area (Å²) in [7, 11) is 0. The highest BCUT2D eigenvalue weighted by Crippen LogP contribution is 2.36. The number of hydrogen-bond donors (Lipinski definition) is 0. The maximum absolute atomic E-state index is 6.12. The van der Waals surface area contributed by atoms with Gasteiger partial charge in [-0.05, 0) is 63.4 Å². The van der Waals surface area contributed by atoms with Crippen LogP contribution in [0.1, 0.15) is 36.9 Å². The summed E-state index contributed by atoms with van der Waals surface area (Å²) in [4.78, 5) is 0. The van der Waals surface area contributed by atoms with Crippen LogP contribution in [0.4, 0.5) is 0 Å². The predicted molar refractivity (Wildman–Crippen MR) is 105 cm³/mol. The average Bonchev–Trinajstić information content (AvgIpc) is 3.18. The maximum Gasteiger partial charge on any atom is 0.134 e. The summed E-state index contributed by atoms with van der Waals surface area (Å²) in [5.74, 6) is 0. The Labute approximate surface area is 153 Å². The van der Waals surface area contributed by atoms with Crippen LogP contribution in [0.15, 0.2) is 48.5 Å². The van der Waals surface area contributed by atoms with Gasteiger partial charge in [-0.25, -0.2) is 4.68 Å². The molecule has 1 atom stereocenters. The molecule has 0 amide bonds. The molecule has 0 radical (unpaired) electrons. The van der Waals surface area contributed by atoms with E-state index in [9.17, 15) is 0 Å². The fraction of sp³-hybridized carbons (Fsp3) is 0.318. The Hall–Kier alpha value is -2.59. The first-order valence-electron chi connectivity index (χ1n) is 9.40. The van der Waals surface area contributed by atoms with E-state index in [4.69, 9.17) is 4.74 Å². The van der Waals surface area contributed by atoms with E-state index in [0.29, 0.717) is 0 Å². The van der Waals surface area contributed by atoms with Gasteiger partial charge >= 0.3 is 0 Å². The number of ether oxygens (including phenoxy) is 1. The van der Waals surface area contributed by atoms with E-state index in [1.54, 1.807) is 0 Å². The van der Waals surface area contributed by atoms with Crippen molar-refractivity contribution in [1.82, 2.24) is 14.3 Å². The zero-order valence-electron chi connectivity index (χ0n) is 15.3. The standard InChI is InChI=1S/C22H23N3O/c1-15-13-16(2)25(23-15)17-10-11-21-19(14-17)18-7-3-4-8-20(18)24(21)22-9-5-6-12-26-22/h3-4,7-8,10-11,13-14,22H,5-6,9,12H2,1-2H3. The molecule has 1 fully saturated rings. The van der Waals surface area contributed by atoms with E-state index in [2.05, 4.69) is 65.1 Å². The van der Waals surface area contributed by atoms with E-state index in [-0.39, 0.29) is 6.23 Å². The molecule has 0 saturated carbocycles. The summed E-state index contributed by atoms with van der Waals surface area (Å²) >= 11 is 0. The van der Waals surface area contributed by atoms with Crippen molar-refractivity contribution < 1.29 is 4.74 Å². The monoisotopic (exact) mass is 345 g/mol. The number of aromatic nitrogens is 3. The van der Waals surface area contributed by atoms with Gasteiger partial charge in [0.1, 0.15) is 6.23 Å². The zero-order valence-corrected chi connectivity index (χ0v) is 15.3. The Morgan fingerprint density at radius 1 is 0.962 bits per heavy atom. The first kappa shape index (κ1) is 15.6. The number of aryl methyl sites for hydroxylation is 2. The normalized spacial score (nSPS) is 18.0. The second-order valence-electron chi connectivity index (χ2n) is 7.25. The third-order valence-electron chi connectivity index (χ3n) is 5.39. The highest BCUT2D eigenvalue weighted by atomic mass is 16.5. The van der Waals surface area contributed by atoms with Crippen molar-refractivity contribution in [2.24, 2.45) is 0 Å². The van der Waals surface area contributed by atoms with Gasteiger partial charge in [0.15, 0.2) is 0 Å². The first-order chi connectivity index (χ1) is 12.7. The summed E-state index contributed by atoms with van der Waals surface area (Å²) in [6.07, 6.45) is 3.59. The van der Waals surface area contributed by atoms with Crippen LogP contribution in [0.2, 0.25) is 0 Å². The Bertz CT molecular complexity index is 1100. The lowest BCUT2D eigenvalue weighted by atomic mass is 10.1. The van der Waals surface area contributed by atoms with Gasteiger partial charge in [-0.1, -0.05) is 18.2 Å². The molecular weight excluding hydrogens is 322 g/mol.